The van der Waals surface area contributed by atoms with Crippen LogP contribution in [-0.2, 0) is 14.4 Å². The van der Waals surface area contributed by atoms with Gasteiger partial charge in [-0.1, -0.05) is 19.1 Å². The maximum Gasteiger partial charge on any atom is 0.248 e. The Hall–Kier alpha value is -2.37. The van der Waals surface area contributed by atoms with Crippen LogP contribution in [0.2, 0.25) is 0 Å². The molecule has 0 saturated carbocycles. The summed E-state index contributed by atoms with van der Waals surface area (Å²) in [5, 5.41) is 0. The first-order chi connectivity index (χ1) is 10.9. The van der Waals surface area contributed by atoms with Gasteiger partial charge in [-0.2, -0.15) is 0 Å². The maximum atomic E-state index is 12.4. The Balaban J connectivity index is 2.04. The van der Waals surface area contributed by atoms with Gasteiger partial charge in [0.2, 0.25) is 17.7 Å². The summed E-state index contributed by atoms with van der Waals surface area (Å²) in [5.41, 5.74) is 1.85. The topological polar surface area (TPSA) is 60.9 Å². The van der Waals surface area contributed by atoms with Crippen LogP contribution < -0.4 is 4.90 Å². The van der Waals surface area contributed by atoms with Crippen molar-refractivity contribution in [2.24, 2.45) is 0 Å². The number of carbonyl (C=O) groups is 3. The molecule has 1 aromatic carbocycles. The van der Waals surface area contributed by atoms with Crippen molar-refractivity contribution in [1.29, 1.82) is 0 Å². The van der Waals surface area contributed by atoms with Gasteiger partial charge in [0.15, 0.2) is 0 Å². The summed E-state index contributed by atoms with van der Waals surface area (Å²) in [6.45, 7) is 6.24. The predicted octanol–water partition coefficient (Wildman–Crippen LogP) is 1.39. The summed E-state index contributed by atoms with van der Waals surface area (Å²) in [7, 11) is 0. The van der Waals surface area contributed by atoms with Crippen molar-refractivity contribution in [2.45, 2.75) is 27.2 Å². The highest BCUT2D eigenvalue weighted by Gasteiger charge is 2.32. The van der Waals surface area contributed by atoms with Crippen LogP contribution >= 0.6 is 0 Å². The Morgan fingerprint density at radius 1 is 1.30 bits per heavy atom. The second kappa shape index (κ2) is 7.26. The van der Waals surface area contributed by atoms with Crippen molar-refractivity contribution < 1.29 is 14.4 Å². The number of nitrogens with zero attached hydrogens (tertiary/aromatic N) is 3. The second-order valence-corrected chi connectivity index (χ2v) is 5.83. The van der Waals surface area contributed by atoms with E-state index in [-0.39, 0.29) is 37.5 Å². The maximum absolute atomic E-state index is 12.4. The van der Waals surface area contributed by atoms with E-state index >= 15 is 0 Å². The van der Waals surface area contributed by atoms with E-state index in [0.717, 1.165) is 17.7 Å². The predicted molar refractivity (Wildman–Crippen MR) is 87.8 cm³/mol. The molecule has 1 aliphatic rings. The monoisotopic (exact) mass is 317 g/mol. The molecule has 0 bridgehead atoms. The van der Waals surface area contributed by atoms with E-state index in [1.54, 1.807) is 4.90 Å². The highest BCUT2D eigenvalue weighted by atomic mass is 16.2. The summed E-state index contributed by atoms with van der Waals surface area (Å²) in [6, 6.07) is 7.63. The molecular weight excluding hydrogens is 294 g/mol. The SMILES string of the molecule is CCCN(CC(=O)N1CC(=O)N(c2cccc(C)c2)C1)C(C)=O. The van der Waals surface area contributed by atoms with Crippen molar-refractivity contribution in [2.75, 3.05) is 31.2 Å². The molecule has 1 saturated heterocycles. The average molecular weight is 317 g/mol. The highest BCUT2D eigenvalue weighted by molar-refractivity contribution is 6.00. The van der Waals surface area contributed by atoms with Crippen LogP contribution in [0.15, 0.2) is 24.3 Å². The molecule has 6 heteroatoms. The first kappa shape index (κ1) is 17.0. The quantitative estimate of drug-likeness (QED) is 0.824. The van der Waals surface area contributed by atoms with E-state index in [1.165, 1.54) is 16.7 Å². The Bertz CT molecular complexity index is 615. The van der Waals surface area contributed by atoms with Crippen LogP contribution in [0.4, 0.5) is 5.69 Å². The molecule has 6 nitrogen and oxygen atoms in total. The van der Waals surface area contributed by atoms with E-state index in [9.17, 15) is 14.4 Å². The van der Waals surface area contributed by atoms with Gasteiger partial charge in [0.25, 0.3) is 0 Å². The molecule has 1 aliphatic heterocycles. The van der Waals surface area contributed by atoms with Crippen molar-refractivity contribution in [3.05, 3.63) is 29.8 Å². The zero-order valence-electron chi connectivity index (χ0n) is 13.9. The van der Waals surface area contributed by atoms with Gasteiger partial charge in [0.05, 0.1) is 6.54 Å². The van der Waals surface area contributed by atoms with Crippen molar-refractivity contribution in [3.8, 4) is 0 Å². The van der Waals surface area contributed by atoms with E-state index < -0.39 is 0 Å². The Labute approximate surface area is 136 Å². The largest absolute Gasteiger partial charge is 0.334 e. The van der Waals surface area contributed by atoms with Gasteiger partial charge < -0.3 is 9.80 Å². The van der Waals surface area contributed by atoms with Crippen molar-refractivity contribution in [3.63, 3.8) is 0 Å². The summed E-state index contributed by atoms with van der Waals surface area (Å²) in [4.78, 5) is 40.7. The zero-order chi connectivity index (χ0) is 17.0. The van der Waals surface area contributed by atoms with Crippen LogP contribution in [0.3, 0.4) is 0 Å². The highest BCUT2D eigenvalue weighted by Crippen LogP contribution is 2.20. The number of carbonyl (C=O) groups excluding carboxylic acids is 3. The minimum Gasteiger partial charge on any atom is -0.334 e. The smallest absolute Gasteiger partial charge is 0.248 e. The third kappa shape index (κ3) is 4.09. The number of rotatable bonds is 5. The van der Waals surface area contributed by atoms with E-state index in [1.807, 2.05) is 38.1 Å². The molecule has 1 aromatic rings. The minimum atomic E-state index is -0.197. The number of anilines is 1. The second-order valence-electron chi connectivity index (χ2n) is 5.83. The molecule has 0 atom stereocenters. The number of aryl methyl sites for hydroxylation is 1. The molecular formula is C17H23N3O3. The fourth-order valence-corrected chi connectivity index (χ4v) is 2.62. The summed E-state index contributed by atoms with van der Waals surface area (Å²) in [5.74, 6) is -0.424. The van der Waals surface area contributed by atoms with Gasteiger partial charge >= 0.3 is 0 Å². The molecule has 0 unspecified atom stereocenters. The van der Waals surface area contributed by atoms with Gasteiger partial charge in [0, 0.05) is 19.2 Å². The van der Waals surface area contributed by atoms with Crippen LogP contribution in [0.25, 0.3) is 0 Å². The molecule has 23 heavy (non-hydrogen) atoms. The van der Waals surface area contributed by atoms with E-state index in [2.05, 4.69) is 0 Å². The molecule has 1 heterocycles. The van der Waals surface area contributed by atoms with Crippen molar-refractivity contribution >= 4 is 23.4 Å². The Morgan fingerprint density at radius 2 is 2.04 bits per heavy atom. The minimum absolute atomic E-state index is 0.0259. The Kier molecular flexibility index (Phi) is 5.36. The van der Waals surface area contributed by atoms with Gasteiger partial charge in [-0.05, 0) is 31.0 Å². The van der Waals surface area contributed by atoms with Crippen molar-refractivity contribution in [1.82, 2.24) is 9.80 Å². The molecule has 124 valence electrons. The first-order valence-corrected chi connectivity index (χ1v) is 7.82. The molecule has 3 amide bonds. The first-order valence-electron chi connectivity index (χ1n) is 7.82. The third-order valence-electron chi connectivity index (χ3n) is 3.87. The summed E-state index contributed by atoms with van der Waals surface area (Å²) in [6.07, 6.45) is 0.793. The average Bonchev–Trinajstić information content (AvgIpc) is 2.88. The molecule has 1 fully saturated rings. The fourth-order valence-electron chi connectivity index (χ4n) is 2.62. The number of hydrogen-bond acceptors (Lipinski definition) is 3. The van der Waals surface area contributed by atoms with Crippen LogP contribution in [0, 0.1) is 6.92 Å². The number of hydrogen-bond donors (Lipinski definition) is 0. The number of benzene rings is 1. The van der Waals surface area contributed by atoms with Gasteiger partial charge in [-0.15, -0.1) is 0 Å². The van der Waals surface area contributed by atoms with Crippen LogP contribution in [0.1, 0.15) is 25.8 Å². The Morgan fingerprint density at radius 3 is 2.65 bits per heavy atom. The lowest BCUT2D eigenvalue weighted by molar-refractivity contribution is -0.139. The molecule has 0 aliphatic carbocycles. The third-order valence-corrected chi connectivity index (χ3v) is 3.87. The normalized spacial score (nSPS) is 14.3. The number of amides is 3. The lowest BCUT2D eigenvalue weighted by atomic mass is 10.2. The fraction of sp³-hybridized carbons (Fsp3) is 0.471. The van der Waals surface area contributed by atoms with E-state index in [0.29, 0.717) is 6.54 Å². The summed E-state index contributed by atoms with van der Waals surface area (Å²) < 4.78 is 0. The molecule has 2 rings (SSSR count). The lowest BCUT2D eigenvalue weighted by Crippen LogP contribution is -2.42. The van der Waals surface area contributed by atoms with Gasteiger partial charge in [-0.3, -0.25) is 19.3 Å². The molecule has 0 N–H and O–H groups in total. The van der Waals surface area contributed by atoms with E-state index in [4.69, 9.17) is 0 Å². The summed E-state index contributed by atoms with van der Waals surface area (Å²) >= 11 is 0. The van der Waals surface area contributed by atoms with Crippen LogP contribution in [0.5, 0.6) is 0 Å². The molecule has 0 spiro atoms. The standard InChI is InChI=1S/C17H23N3O3/c1-4-8-18(14(3)21)10-16(22)19-11-17(23)20(12-19)15-7-5-6-13(2)9-15/h5-7,9H,4,8,10-12H2,1-3H3. The lowest BCUT2D eigenvalue weighted by Gasteiger charge is -2.23. The van der Waals surface area contributed by atoms with Gasteiger partial charge in [-0.25, -0.2) is 0 Å². The molecule has 0 radical (unpaired) electrons. The van der Waals surface area contributed by atoms with Crippen LogP contribution in [-0.4, -0.2) is 53.8 Å². The molecule has 0 aromatic heterocycles. The van der Waals surface area contributed by atoms with Gasteiger partial charge in [0.1, 0.15) is 13.2 Å². The zero-order valence-corrected chi connectivity index (χ0v) is 13.9.